The zero-order valence-corrected chi connectivity index (χ0v) is 11.6. The molecule has 2 aromatic rings. The summed E-state index contributed by atoms with van der Waals surface area (Å²) in [5, 5.41) is 4.38. The maximum Gasteiger partial charge on any atom is 0.224 e. The topological polar surface area (TPSA) is 56.3 Å². The molecule has 1 N–H and O–H groups in total. The highest BCUT2D eigenvalue weighted by molar-refractivity contribution is 6.28. The zero-order valence-electron chi connectivity index (χ0n) is 10.9. The number of rotatable bonds is 6. The predicted molar refractivity (Wildman–Crippen MR) is 75.7 cm³/mol. The number of benzene rings is 1. The Balaban J connectivity index is 2.20. The number of hydrogen-bond acceptors (Lipinski definition) is 5. The van der Waals surface area contributed by atoms with Gasteiger partial charge in [-0.3, -0.25) is 0 Å². The molecule has 1 unspecified atom stereocenters. The molecule has 0 aliphatic heterocycles. The highest BCUT2D eigenvalue weighted by Gasteiger charge is 2.10. The van der Waals surface area contributed by atoms with Gasteiger partial charge in [-0.1, -0.05) is 12.1 Å². The van der Waals surface area contributed by atoms with Gasteiger partial charge in [0.2, 0.25) is 5.28 Å². The van der Waals surface area contributed by atoms with Gasteiger partial charge in [-0.15, -0.1) is 0 Å². The third-order valence-corrected chi connectivity index (χ3v) is 2.93. The molecule has 0 aliphatic rings. The van der Waals surface area contributed by atoms with Gasteiger partial charge in [0.15, 0.2) is 0 Å². The number of nitrogens with zero attached hydrogens (tertiary/aromatic N) is 2. The highest BCUT2D eigenvalue weighted by Crippen LogP contribution is 2.21. The molecule has 0 aliphatic carbocycles. The molecule has 1 heterocycles. The minimum Gasteiger partial charge on any atom is -0.382 e. The van der Waals surface area contributed by atoms with E-state index in [-0.39, 0.29) is 11.4 Å². The van der Waals surface area contributed by atoms with Crippen LogP contribution in [0.4, 0.5) is 5.82 Å². The van der Waals surface area contributed by atoms with Crippen LogP contribution in [0.2, 0.25) is 5.28 Å². The van der Waals surface area contributed by atoms with Gasteiger partial charge in [-0.05, 0) is 23.7 Å². The number of fused-ring (bicyclic) bond motifs is 1. The normalized spacial score (nSPS) is 12.6. The third kappa shape index (κ3) is 3.53. The Kier molecular flexibility index (Phi) is 4.90. The lowest BCUT2D eigenvalue weighted by atomic mass is 10.2. The van der Waals surface area contributed by atoms with Crippen molar-refractivity contribution < 1.29 is 9.47 Å². The second kappa shape index (κ2) is 6.65. The Labute approximate surface area is 116 Å². The van der Waals surface area contributed by atoms with Crippen LogP contribution in [0.3, 0.4) is 0 Å². The van der Waals surface area contributed by atoms with Gasteiger partial charge in [0, 0.05) is 26.2 Å². The molecular weight excluding hydrogens is 266 g/mol. The summed E-state index contributed by atoms with van der Waals surface area (Å²) in [7, 11) is 3.29. The first kappa shape index (κ1) is 14.0. The lowest BCUT2D eigenvalue weighted by Gasteiger charge is -2.16. The van der Waals surface area contributed by atoms with E-state index < -0.39 is 0 Å². The summed E-state index contributed by atoms with van der Waals surface area (Å²) in [4.78, 5) is 8.39. The van der Waals surface area contributed by atoms with Gasteiger partial charge in [0.25, 0.3) is 0 Å². The molecular formula is C13H16ClN3O2. The van der Waals surface area contributed by atoms with Crippen LogP contribution in [-0.4, -0.2) is 43.4 Å². The number of ether oxygens (including phenoxy) is 2. The Bertz CT molecular complexity index is 550. The van der Waals surface area contributed by atoms with Crippen LogP contribution in [0.1, 0.15) is 0 Å². The SMILES string of the molecule is COCC(CNc1nc(Cl)nc2ccccc12)OC. The van der Waals surface area contributed by atoms with E-state index >= 15 is 0 Å². The van der Waals surface area contributed by atoms with Gasteiger partial charge < -0.3 is 14.8 Å². The zero-order chi connectivity index (χ0) is 13.7. The van der Waals surface area contributed by atoms with Crippen molar-refractivity contribution in [2.45, 2.75) is 6.10 Å². The smallest absolute Gasteiger partial charge is 0.224 e. The number of nitrogens with one attached hydrogen (secondary N) is 1. The minimum atomic E-state index is -0.0440. The standard InChI is InChI=1S/C13H16ClN3O2/c1-18-8-9(19-2)7-15-12-10-5-3-4-6-11(10)16-13(14)17-12/h3-6,9H,7-8H2,1-2H3,(H,15,16,17). The number of halogens is 1. The van der Waals surface area contributed by atoms with E-state index in [0.717, 1.165) is 10.9 Å². The molecule has 0 spiro atoms. The van der Waals surface area contributed by atoms with E-state index in [4.69, 9.17) is 21.1 Å². The number of para-hydroxylation sites is 1. The van der Waals surface area contributed by atoms with Crippen molar-refractivity contribution in [3.63, 3.8) is 0 Å². The molecule has 5 nitrogen and oxygen atoms in total. The molecule has 0 radical (unpaired) electrons. The van der Waals surface area contributed by atoms with Crippen LogP contribution in [0, 0.1) is 0 Å². The lowest BCUT2D eigenvalue weighted by molar-refractivity contribution is 0.0365. The fraction of sp³-hybridized carbons (Fsp3) is 0.385. The average Bonchev–Trinajstić information content (AvgIpc) is 2.43. The predicted octanol–water partition coefficient (Wildman–Crippen LogP) is 2.36. The summed E-state index contributed by atoms with van der Waals surface area (Å²) in [5.41, 5.74) is 0.811. The van der Waals surface area contributed by atoms with Crippen LogP contribution in [0.25, 0.3) is 10.9 Å². The Morgan fingerprint density at radius 1 is 1.26 bits per heavy atom. The van der Waals surface area contributed by atoms with Gasteiger partial charge in [0.1, 0.15) is 5.82 Å². The fourth-order valence-corrected chi connectivity index (χ4v) is 1.97. The second-order valence-corrected chi connectivity index (χ2v) is 4.39. The molecule has 6 heteroatoms. The van der Waals surface area contributed by atoms with Crippen LogP contribution < -0.4 is 5.32 Å². The molecule has 2 rings (SSSR count). The number of aromatic nitrogens is 2. The maximum absolute atomic E-state index is 5.92. The van der Waals surface area contributed by atoms with Crippen molar-refractivity contribution in [3.05, 3.63) is 29.5 Å². The van der Waals surface area contributed by atoms with E-state index in [1.54, 1.807) is 14.2 Å². The Hall–Kier alpha value is -1.43. The van der Waals surface area contributed by atoms with Crippen LogP contribution >= 0.6 is 11.6 Å². The summed E-state index contributed by atoms with van der Waals surface area (Å²) in [6.07, 6.45) is -0.0440. The summed E-state index contributed by atoms with van der Waals surface area (Å²) >= 11 is 5.92. The third-order valence-electron chi connectivity index (χ3n) is 2.76. The van der Waals surface area contributed by atoms with Gasteiger partial charge in [-0.2, -0.15) is 0 Å². The lowest BCUT2D eigenvalue weighted by Crippen LogP contribution is -2.27. The van der Waals surface area contributed by atoms with E-state index in [9.17, 15) is 0 Å². The number of hydrogen-bond donors (Lipinski definition) is 1. The molecule has 0 amide bonds. The van der Waals surface area contributed by atoms with Crippen LogP contribution in [0.5, 0.6) is 0 Å². The van der Waals surface area contributed by atoms with E-state index in [0.29, 0.717) is 19.0 Å². The molecule has 1 atom stereocenters. The first-order valence-electron chi connectivity index (χ1n) is 5.92. The van der Waals surface area contributed by atoms with Crippen molar-refractivity contribution >= 4 is 28.3 Å². The van der Waals surface area contributed by atoms with E-state index in [1.165, 1.54) is 0 Å². The first-order chi connectivity index (χ1) is 9.24. The Morgan fingerprint density at radius 2 is 2.05 bits per heavy atom. The van der Waals surface area contributed by atoms with Crippen molar-refractivity contribution in [3.8, 4) is 0 Å². The average molecular weight is 282 g/mol. The highest BCUT2D eigenvalue weighted by atomic mass is 35.5. The van der Waals surface area contributed by atoms with Crippen LogP contribution in [-0.2, 0) is 9.47 Å². The quantitative estimate of drug-likeness (QED) is 0.824. The number of methoxy groups -OCH3 is 2. The molecule has 0 fully saturated rings. The van der Waals surface area contributed by atoms with Crippen molar-refractivity contribution in [1.82, 2.24) is 9.97 Å². The molecule has 0 saturated carbocycles. The van der Waals surface area contributed by atoms with Gasteiger partial charge >= 0.3 is 0 Å². The second-order valence-electron chi connectivity index (χ2n) is 4.05. The maximum atomic E-state index is 5.92. The molecule has 102 valence electrons. The summed E-state index contributed by atoms with van der Waals surface area (Å²) in [6, 6.07) is 7.70. The Morgan fingerprint density at radius 3 is 2.79 bits per heavy atom. The summed E-state index contributed by atoms with van der Waals surface area (Å²) in [5.74, 6) is 0.703. The molecule has 1 aromatic heterocycles. The molecule has 1 aromatic carbocycles. The van der Waals surface area contributed by atoms with Gasteiger partial charge in [-0.25, -0.2) is 9.97 Å². The van der Waals surface area contributed by atoms with Crippen molar-refractivity contribution in [2.75, 3.05) is 32.7 Å². The number of anilines is 1. The van der Waals surface area contributed by atoms with Crippen LogP contribution in [0.15, 0.2) is 24.3 Å². The summed E-state index contributed by atoms with van der Waals surface area (Å²) < 4.78 is 10.4. The molecule has 19 heavy (non-hydrogen) atoms. The minimum absolute atomic E-state index is 0.0440. The van der Waals surface area contributed by atoms with Crippen molar-refractivity contribution in [2.24, 2.45) is 0 Å². The van der Waals surface area contributed by atoms with Gasteiger partial charge in [0.05, 0.1) is 18.2 Å². The molecule has 0 bridgehead atoms. The van der Waals surface area contributed by atoms with E-state index in [2.05, 4.69) is 15.3 Å². The largest absolute Gasteiger partial charge is 0.382 e. The van der Waals surface area contributed by atoms with E-state index in [1.807, 2.05) is 24.3 Å². The summed E-state index contributed by atoms with van der Waals surface area (Å²) in [6.45, 7) is 1.10. The first-order valence-corrected chi connectivity index (χ1v) is 6.30. The van der Waals surface area contributed by atoms with Crippen molar-refractivity contribution in [1.29, 1.82) is 0 Å². The molecule has 0 saturated heterocycles. The fourth-order valence-electron chi connectivity index (χ4n) is 1.79. The monoisotopic (exact) mass is 281 g/mol.